The van der Waals surface area contributed by atoms with Crippen molar-refractivity contribution in [3.63, 3.8) is 0 Å². The number of carboxylic acids is 1. The monoisotopic (exact) mass is 418 g/mol. The van der Waals surface area contributed by atoms with Crippen LogP contribution in [0.15, 0.2) is 72.8 Å². The van der Waals surface area contributed by atoms with Gasteiger partial charge in [0, 0.05) is 19.3 Å². The van der Waals surface area contributed by atoms with Gasteiger partial charge in [0.15, 0.2) is 0 Å². The van der Waals surface area contributed by atoms with E-state index in [1.165, 1.54) is 0 Å². The predicted molar refractivity (Wildman–Crippen MR) is 121 cm³/mol. The third kappa shape index (κ3) is 5.48. The molecule has 0 saturated heterocycles. The van der Waals surface area contributed by atoms with E-state index in [4.69, 9.17) is 14.6 Å². The minimum Gasteiger partial charge on any atom is -0.490 e. The SMILES string of the molecule is CN1C[C@@H](COc2ccc(CNc3cccc(CC(=O)O)c3)cc2)Oc2ccccc21. The lowest BCUT2D eigenvalue weighted by Crippen LogP contribution is -2.41. The summed E-state index contributed by atoms with van der Waals surface area (Å²) in [5.74, 6) is 0.859. The Morgan fingerprint density at radius 1 is 1.10 bits per heavy atom. The topological polar surface area (TPSA) is 71.0 Å². The van der Waals surface area contributed by atoms with E-state index >= 15 is 0 Å². The van der Waals surface area contributed by atoms with Crippen molar-refractivity contribution in [3.05, 3.63) is 83.9 Å². The van der Waals surface area contributed by atoms with Crippen molar-refractivity contribution in [2.45, 2.75) is 19.1 Å². The van der Waals surface area contributed by atoms with Crippen molar-refractivity contribution in [2.75, 3.05) is 30.4 Å². The van der Waals surface area contributed by atoms with Gasteiger partial charge in [-0.1, -0.05) is 36.4 Å². The first kappa shape index (κ1) is 20.6. The Kier molecular flexibility index (Phi) is 6.26. The van der Waals surface area contributed by atoms with Gasteiger partial charge in [-0.05, 0) is 47.5 Å². The summed E-state index contributed by atoms with van der Waals surface area (Å²) >= 11 is 0. The number of fused-ring (bicyclic) bond motifs is 1. The minimum atomic E-state index is -0.831. The van der Waals surface area contributed by atoms with E-state index in [2.05, 4.69) is 23.3 Å². The van der Waals surface area contributed by atoms with E-state index in [-0.39, 0.29) is 12.5 Å². The summed E-state index contributed by atoms with van der Waals surface area (Å²) in [5, 5.41) is 12.3. The molecule has 0 radical (unpaired) electrons. The maximum Gasteiger partial charge on any atom is 0.307 e. The van der Waals surface area contributed by atoms with E-state index in [0.717, 1.165) is 40.5 Å². The molecule has 1 aliphatic heterocycles. The summed E-state index contributed by atoms with van der Waals surface area (Å²) in [6, 6.07) is 23.5. The van der Waals surface area contributed by atoms with Crippen LogP contribution in [0.2, 0.25) is 0 Å². The van der Waals surface area contributed by atoms with Crippen LogP contribution in [-0.2, 0) is 17.8 Å². The first-order valence-corrected chi connectivity index (χ1v) is 10.3. The Balaban J connectivity index is 1.28. The summed E-state index contributed by atoms with van der Waals surface area (Å²) < 4.78 is 12.0. The van der Waals surface area contributed by atoms with Crippen molar-refractivity contribution < 1.29 is 19.4 Å². The van der Waals surface area contributed by atoms with Crippen molar-refractivity contribution in [1.82, 2.24) is 0 Å². The molecule has 0 aliphatic carbocycles. The number of aliphatic carboxylic acids is 1. The average Bonchev–Trinajstić information content (AvgIpc) is 2.77. The van der Waals surface area contributed by atoms with Crippen LogP contribution in [-0.4, -0.2) is 37.4 Å². The number of likely N-dealkylation sites (N-methyl/N-ethyl adjacent to an activating group) is 1. The lowest BCUT2D eigenvalue weighted by Gasteiger charge is -2.33. The molecule has 0 unspecified atom stereocenters. The lowest BCUT2D eigenvalue weighted by molar-refractivity contribution is -0.136. The number of para-hydroxylation sites is 2. The van der Waals surface area contributed by atoms with Crippen LogP contribution >= 0.6 is 0 Å². The van der Waals surface area contributed by atoms with E-state index in [1.54, 1.807) is 0 Å². The van der Waals surface area contributed by atoms with Gasteiger partial charge in [-0.2, -0.15) is 0 Å². The van der Waals surface area contributed by atoms with Crippen LogP contribution in [0.5, 0.6) is 11.5 Å². The zero-order valence-corrected chi connectivity index (χ0v) is 17.5. The normalized spacial score (nSPS) is 15.0. The van der Waals surface area contributed by atoms with Crippen molar-refractivity contribution in [1.29, 1.82) is 0 Å². The molecule has 160 valence electrons. The Morgan fingerprint density at radius 3 is 2.71 bits per heavy atom. The van der Waals surface area contributed by atoms with E-state index in [0.29, 0.717) is 13.2 Å². The maximum atomic E-state index is 10.9. The van der Waals surface area contributed by atoms with Crippen LogP contribution < -0.4 is 19.7 Å². The minimum absolute atomic E-state index is 0.0215. The maximum absolute atomic E-state index is 10.9. The zero-order chi connectivity index (χ0) is 21.6. The lowest BCUT2D eigenvalue weighted by atomic mass is 10.1. The van der Waals surface area contributed by atoms with Gasteiger partial charge >= 0.3 is 5.97 Å². The molecule has 3 aromatic rings. The Bertz CT molecular complexity index is 1040. The molecule has 4 rings (SSSR count). The van der Waals surface area contributed by atoms with Gasteiger partial charge in [-0.3, -0.25) is 4.79 Å². The molecule has 2 N–H and O–H groups in total. The first-order valence-electron chi connectivity index (χ1n) is 10.3. The molecule has 6 heteroatoms. The molecule has 31 heavy (non-hydrogen) atoms. The fourth-order valence-electron chi connectivity index (χ4n) is 3.64. The standard InChI is InChI=1S/C25H26N2O4/c1-27-16-22(31-24-8-3-2-7-23(24)27)17-30-21-11-9-18(10-12-21)15-26-20-6-4-5-19(13-20)14-25(28)29/h2-13,22,26H,14-17H2,1H3,(H,28,29)/t22-/m0/s1. The van der Waals surface area contributed by atoms with Gasteiger partial charge in [0.2, 0.25) is 0 Å². The number of nitrogens with one attached hydrogen (secondary N) is 1. The van der Waals surface area contributed by atoms with Crippen LogP contribution in [0.1, 0.15) is 11.1 Å². The molecule has 1 aliphatic rings. The van der Waals surface area contributed by atoms with E-state index < -0.39 is 5.97 Å². The molecule has 0 aromatic heterocycles. The smallest absolute Gasteiger partial charge is 0.307 e. The van der Waals surface area contributed by atoms with Gasteiger partial charge in [-0.25, -0.2) is 0 Å². The molecule has 0 spiro atoms. The highest BCUT2D eigenvalue weighted by Crippen LogP contribution is 2.32. The fraction of sp³-hybridized carbons (Fsp3) is 0.240. The van der Waals surface area contributed by atoms with Crippen LogP contribution in [0.25, 0.3) is 0 Å². The number of ether oxygens (including phenoxy) is 2. The molecule has 0 saturated carbocycles. The molecule has 0 fully saturated rings. The van der Waals surface area contributed by atoms with Crippen LogP contribution in [0.3, 0.4) is 0 Å². The van der Waals surface area contributed by atoms with Gasteiger partial charge in [-0.15, -0.1) is 0 Å². The molecular weight excluding hydrogens is 392 g/mol. The summed E-state index contributed by atoms with van der Waals surface area (Å²) in [6.45, 7) is 1.90. The zero-order valence-electron chi connectivity index (χ0n) is 17.5. The molecule has 6 nitrogen and oxygen atoms in total. The number of carbonyl (C=O) groups is 1. The largest absolute Gasteiger partial charge is 0.490 e. The second-order valence-corrected chi connectivity index (χ2v) is 7.67. The molecule has 1 atom stereocenters. The number of hydrogen-bond acceptors (Lipinski definition) is 5. The summed E-state index contributed by atoms with van der Waals surface area (Å²) in [7, 11) is 2.06. The van der Waals surface area contributed by atoms with Gasteiger partial charge in [0.05, 0.1) is 18.7 Å². The van der Waals surface area contributed by atoms with Crippen LogP contribution in [0.4, 0.5) is 11.4 Å². The number of carboxylic acid groups (broad SMARTS) is 1. The summed E-state index contributed by atoms with van der Waals surface area (Å²) in [5.41, 5.74) is 3.89. The summed E-state index contributed by atoms with van der Waals surface area (Å²) in [4.78, 5) is 13.1. The quantitative estimate of drug-likeness (QED) is 0.571. The molecular formula is C25H26N2O4. The number of rotatable bonds is 8. The highest BCUT2D eigenvalue weighted by Gasteiger charge is 2.23. The highest BCUT2D eigenvalue weighted by molar-refractivity contribution is 5.70. The molecule has 0 bridgehead atoms. The molecule has 3 aromatic carbocycles. The predicted octanol–water partition coefficient (Wildman–Crippen LogP) is 4.20. The van der Waals surface area contributed by atoms with E-state index in [9.17, 15) is 4.79 Å². The van der Waals surface area contributed by atoms with Gasteiger partial charge in [0.25, 0.3) is 0 Å². The first-order chi connectivity index (χ1) is 15.1. The second kappa shape index (κ2) is 9.43. The Morgan fingerprint density at radius 2 is 1.90 bits per heavy atom. The number of nitrogens with zero attached hydrogens (tertiary/aromatic N) is 1. The van der Waals surface area contributed by atoms with Crippen molar-refractivity contribution in [2.24, 2.45) is 0 Å². The Labute approximate surface area is 182 Å². The van der Waals surface area contributed by atoms with Crippen molar-refractivity contribution in [3.8, 4) is 11.5 Å². The summed E-state index contributed by atoms with van der Waals surface area (Å²) in [6.07, 6.45) is -0.00694. The van der Waals surface area contributed by atoms with Crippen LogP contribution in [0, 0.1) is 0 Å². The number of hydrogen-bond donors (Lipinski definition) is 2. The third-order valence-electron chi connectivity index (χ3n) is 5.19. The Hall–Kier alpha value is -3.67. The second-order valence-electron chi connectivity index (χ2n) is 7.67. The molecule has 1 heterocycles. The fourth-order valence-corrected chi connectivity index (χ4v) is 3.64. The molecule has 0 amide bonds. The number of anilines is 2. The highest BCUT2D eigenvalue weighted by atomic mass is 16.5. The number of benzene rings is 3. The van der Waals surface area contributed by atoms with Gasteiger partial charge in [0.1, 0.15) is 24.2 Å². The third-order valence-corrected chi connectivity index (χ3v) is 5.19. The van der Waals surface area contributed by atoms with Gasteiger partial charge < -0.3 is 24.8 Å². The van der Waals surface area contributed by atoms with E-state index in [1.807, 2.05) is 66.7 Å². The average molecular weight is 418 g/mol. The van der Waals surface area contributed by atoms with Crippen molar-refractivity contribution >= 4 is 17.3 Å².